The minimum atomic E-state index is -0.669. The van der Waals surface area contributed by atoms with E-state index in [4.69, 9.17) is 9.26 Å². The zero-order chi connectivity index (χ0) is 22.0. The second-order valence-corrected chi connectivity index (χ2v) is 6.91. The third kappa shape index (κ3) is 3.87. The van der Waals surface area contributed by atoms with E-state index in [2.05, 4.69) is 23.6 Å². The molecule has 2 amide bonds. The highest BCUT2D eigenvalue weighted by Crippen LogP contribution is 2.24. The summed E-state index contributed by atoms with van der Waals surface area (Å²) in [6.07, 6.45) is 2.40. The molecule has 0 saturated heterocycles. The normalized spacial score (nSPS) is 12.7. The fourth-order valence-electron chi connectivity index (χ4n) is 3.24. The molecule has 0 N–H and O–H groups in total. The highest BCUT2D eigenvalue weighted by molar-refractivity contribution is 6.22. The summed E-state index contributed by atoms with van der Waals surface area (Å²) in [4.78, 5) is 42.4. The molecule has 1 aromatic heterocycles. The van der Waals surface area contributed by atoms with Crippen molar-refractivity contribution in [3.05, 3.63) is 83.3 Å². The largest absolute Gasteiger partial charge is 0.452 e. The van der Waals surface area contributed by atoms with Gasteiger partial charge < -0.3 is 9.26 Å². The Balaban J connectivity index is 1.43. The molecule has 0 spiro atoms. The molecule has 4 rings (SSSR count). The first-order chi connectivity index (χ1) is 15.0. The Kier molecular flexibility index (Phi) is 5.44. The van der Waals surface area contributed by atoms with E-state index in [1.807, 2.05) is 24.3 Å². The van der Waals surface area contributed by atoms with Crippen LogP contribution < -0.4 is 0 Å². The predicted molar refractivity (Wildman–Crippen MR) is 110 cm³/mol. The number of benzene rings is 2. The highest BCUT2D eigenvalue weighted by Gasteiger charge is 2.35. The smallest absolute Gasteiger partial charge is 0.338 e. The number of hydrogen-bond acceptors (Lipinski definition) is 7. The minimum Gasteiger partial charge on any atom is -0.452 e. The number of carbonyl (C=O) groups excluding carboxylic acids is 3. The van der Waals surface area contributed by atoms with Crippen molar-refractivity contribution < 1.29 is 23.6 Å². The molecule has 0 unspecified atom stereocenters. The van der Waals surface area contributed by atoms with E-state index in [1.165, 1.54) is 29.8 Å². The summed E-state index contributed by atoms with van der Waals surface area (Å²) in [6.45, 7) is 5.50. The molecule has 8 heteroatoms. The standard InChI is InChI=1S/C23H19N3O5/c1-3-11-26-21(27)17-10-9-16(12-18(17)22(26)28)23(29)30-13-19-24-20(25-31-19)15-7-5-14(4-2)6-8-15/h3,5-10,12H,1,4,11,13H2,2H3. The second kappa shape index (κ2) is 8.35. The molecule has 31 heavy (non-hydrogen) atoms. The van der Waals surface area contributed by atoms with Gasteiger partial charge in [-0.05, 0) is 30.2 Å². The number of carbonyl (C=O) groups is 3. The van der Waals surface area contributed by atoms with Gasteiger partial charge in [0.1, 0.15) is 0 Å². The van der Waals surface area contributed by atoms with Crippen molar-refractivity contribution in [3.63, 3.8) is 0 Å². The van der Waals surface area contributed by atoms with Gasteiger partial charge in [-0.1, -0.05) is 42.4 Å². The molecule has 3 aromatic rings. The Morgan fingerprint density at radius 3 is 2.58 bits per heavy atom. The van der Waals surface area contributed by atoms with Crippen LogP contribution in [-0.2, 0) is 17.8 Å². The minimum absolute atomic E-state index is 0.104. The number of aromatic nitrogens is 2. The van der Waals surface area contributed by atoms with Gasteiger partial charge in [0.05, 0.1) is 16.7 Å². The van der Waals surface area contributed by atoms with Gasteiger partial charge in [-0.3, -0.25) is 14.5 Å². The summed E-state index contributed by atoms with van der Waals surface area (Å²) in [7, 11) is 0. The lowest BCUT2D eigenvalue weighted by atomic mass is 10.1. The lowest BCUT2D eigenvalue weighted by Gasteiger charge is -2.09. The molecule has 2 heterocycles. The van der Waals surface area contributed by atoms with Gasteiger partial charge in [0, 0.05) is 12.1 Å². The number of imide groups is 1. The van der Waals surface area contributed by atoms with Crippen molar-refractivity contribution in [2.45, 2.75) is 20.0 Å². The zero-order valence-electron chi connectivity index (χ0n) is 16.8. The first kappa shape index (κ1) is 20.2. The molecule has 2 aromatic carbocycles. The molecule has 0 aliphatic carbocycles. The summed E-state index contributed by atoms with van der Waals surface area (Å²) in [5.41, 5.74) is 2.55. The first-order valence-corrected chi connectivity index (χ1v) is 9.72. The molecule has 1 aliphatic rings. The van der Waals surface area contributed by atoms with Crippen molar-refractivity contribution in [2.75, 3.05) is 6.54 Å². The summed E-state index contributed by atoms with van der Waals surface area (Å²) in [5, 5.41) is 3.91. The van der Waals surface area contributed by atoms with E-state index >= 15 is 0 Å². The Morgan fingerprint density at radius 2 is 1.87 bits per heavy atom. The SMILES string of the molecule is C=CCN1C(=O)c2ccc(C(=O)OCc3nc(-c4ccc(CC)cc4)no3)cc2C1=O. The van der Waals surface area contributed by atoms with Crippen LogP contribution in [0, 0.1) is 0 Å². The topological polar surface area (TPSA) is 103 Å². The van der Waals surface area contributed by atoms with E-state index in [-0.39, 0.29) is 35.7 Å². The van der Waals surface area contributed by atoms with Gasteiger partial charge in [-0.25, -0.2) is 4.79 Å². The van der Waals surface area contributed by atoms with Crippen LogP contribution in [0.1, 0.15) is 49.5 Å². The van der Waals surface area contributed by atoms with Crippen LogP contribution in [0.3, 0.4) is 0 Å². The van der Waals surface area contributed by atoms with Crippen LogP contribution in [0.5, 0.6) is 0 Å². The van der Waals surface area contributed by atoms with Crippen LogP contribution >= 0.6 is 0 Å². The molecule has 1 aliphatic heterocycles. The highest BCUT2D eigenvalue weighted by atomic mass is 16.6. The molecular weight excluding hydrogens is 398 g/mol. The molecular formula is C23H19N3O5. The van der Waals surface area contributed by atoms with Crippen molar-refractivity contribution >= 4 is 17.8 Å². The Hall–Kier alpha value is -4.07. The molecule has 8 nitrogen and oxygen atoms in total. The van der Waals surface area contributed by atoms with Crippen molar-refractivity contribution in [1.82, 2.24) is 15.0 Å². The summed E-state index contributed by atoms with van der Waals surface area (Å²) in [6, 6.07) is 12.0. The lowest BCUT2D eigenvalue weighted by molar-refractivity contribution is 0.0429. The van der Waals surface area contributed by atoms with Crippen molar-refractivity contribution in [3.8, 4) is 11.4 Å². The van der Waals surface area contributed by atoms with Crippen LogP contribution in [0.2, 0.25) is 0 Å². The van der Waals surface area contributed by atoms with Crippen molar-refractivity contribution in [1.29, 1.82) is 0 Å². The lowest BCUT2D eigenvalue weighted by Crippen LogP contribution is -2.29. The summed E-state index contributed by atoms with van der Waals surface area (Å²) < 4.78 is 10.4. The maximum Gasteiger partial charge on any atom is 0.338 e. The quantitative estimate of drug-likeness (QED) is 0.330. The predicted octanol–water partition coefficient (Wildman–Crippen LogP) is 3.44. The van der Waals surface area contributed by atoms with Crippen LogP contribution in [0.15, 0.2) is 59.6 Å². The molecule has 0 saturated carbocycles. The zero-order valence-corrected chi connectivity index (χ0v) is 16.8. The second-order valence-electron chi connectivity index (χ2n) is 6.91. The number of rotatable bonds is 7. The van der Waals surface area contributed by atoms with Crippen LogP contribution in [0.25, 0.3) is 11.4 Å². The number of hydrogen-bond donors (Lipinski definition) is 0. The number of aryl methyl sites for hydroxylation is 1. The monoisotopic (exact) mass is 417 g/mol. The van der Waals surface area contributed by atoms with E-state index in [9.17, 15) is 14.4 Å². The maximum absolute atomic E-state index is 12.4. The van der Waals surface area contributed by atoms with Gasteiger partial charge in [-0.15, -0.1) is 6.58 Å². The molecule has 0 radical (unpaired) electrons. The molecule has 156 valence electrons. The average Bonchev–Trinajstić information content (AvgIpc) is 3.37. The van der Waals surface area contributed by atoms with Gasteiger partial charge in [-0.2, -0.15) is 4.98 Å². The Labute approximate surface area is 178 Å². The van der Waals surface area contributed by atoms with Gasteiger partial charge in [0.2, 0.25) is 5.82 Å². The number of ether oxygens (including phenoxy) is 1. The van der Waals surface area contributed by atoms with Gasteiger partial charge in [0.25, 0.3) is 17.7 Å². The van der Waals surface area contributed by atoms with E-state index in [0.717, 1.165) is 16.9 Å². The maximum atomic E-state index is 12.4. The summed E-state index contributed by atoms with van der Waals surface area (Å²) in [5.74, 6) is -1.00. The van der Waals surface area contributed by atoms with E-state index in [1.54, 1.807) is 0 Å². The number of esters is 1. The fourth-order valence-corrected chi connectivity index (χ4v) is 3.24. The Bertz CT molecular complexity index is 1180. The number of fused-ring (bicyclic) bond motifs is 1. The molecule has 0 atom stereocenters. The van der Waals surface area contributed by atoms with Crippen molar-refractivity contribution in [2.24, 2.45) is 0 Å². The molecule has 0 fully saturated rings. The third-order valence-electron chi connectivity index (χ3n) is 4.93. The molecule has 0 bridgehead atoms. The van der Waals surface area contributed by atoms with E-state index < -0.39 is 17.8 Å². The fraction of sp³-hybridized carbons (Fsp3) is 0.174. The summed E-state index contributed by atoms with van der Waals surface area (Å²) >= 11 is 0. The third-order valence-corrected chi connectivity index (χ3v) is 4.93. The number of nitrogens with zero attached hydrogens (tertiary/aromatic N) is 3. The number of amides is 2. The first-order valence-electron chi connectivity index (χ1n) is 9.72. The van der Waals surface area contributed by atoms with Gasteiger partial charge in [0.15, 0.2) is 6.61 Å². The van der Waals surface area contributed by atoms with Gasteiger partial charge >= 0.3 is 5.97 Å². The Morgan fingerprint density at radius 1 is 1.13 bits per heavy atom. The van der Waals surface area contributed by atoms with Crippen LogP contribution in [0.4, 0.5) is 0 Å². The average molecular weight is 417 g/mol. The van der Waals surface area contributed by atoms with Crippen LogP contribution in [-0.4, -0.2) is 39.4 Å². The van der Waals surface area contributed by atoms with E-state index in [0.29, 0.717) is 5.82 Å².